The predicted octanol–water partition coefficient (Wildman–Crippen LogP) is 2.27. The van der Waals surface area contributed by atoms with Gasteiger partial charge in [0.05, 0.1) is 0 Å². The van der Waals surface area contributed by atoms with Crippen LogP contribution in [0.3, 0.4) is 0 Å². The van der Waals surface area contributed by atoms with Gasteiger partial charge < -0.3 is 15.3 Å². The molecule has 0 radical (unpaired) electrons. The summed E-state index contributed by atoms with van der Waals surface area (Å²) in [6, 6.07) is 8.62. The van der Waals surface area contributed by atoms with Crippen LogP contribution < -0.4 is 10.2 Å². The third-order valence-corrected chi connectivity index (χ3v) is 2.93. The van der Waals surface area contributed by atoms with Crippen molar-refractivity contribution >= 4 is 11.7 Å². The molecule has 0 aliphatic heterocycles. The van der Waals surface area contributed by atoms with Gasteiger partial charge in [0, 0.05) is 32.2 Å². The van der Waals surface area contributed by atoms with Gasteiger partial charge in [0.15, 0.2) is 0 Å². The SMILES string of the molecule is CC(NCCCC(=O)O)c1ccc(N(C)C)cc1. The number of carboxylic acid groups (broad SMARTS) is 1. The average Bonchev–Trinajstić information content (AvgIpc) is 2.34. The molecule has 1 aromatic rings. The molecule has 0 aliphatic rings. The molecule has 4 nitrogen and oxygen atoms in total. The summed E-state index contributed by atoms with van der Waals surface area (Å²) in [4.78, 5) is 12.4. The van der Waals surface area contributed by atoms with Crippen LogP contribution in [-0.2, 0) is 4.79 Å². The number of hydrogen-bond donors (Lipinski definition) is 2. The van der Waals surface area contributed by atoms with Gasteiger partial charge in [-0.05, 0) is 37.6 Å². The number of carboxylic acids is 1. The highest BCUT2D eigenvalue weighted by Crippen LogP contribution is 2.17. The molecule has 0 spiro atoms. The van der Waals surface area contributed by atoms with Crippen LogP contribution in [0.2, 0.25) is 0 Å². The fraction of sp³-hybridized carbons (Fsp3) is 0.500. The zero-order chi connectivity index (χ0) is 13.5. The largest absolute Gasteiger partial charge is 0.481 e. The van der Waals surface area contributed by atoms with E-state index in [9.17, 15) is 4.79 Å². The van der Waals surface area contributed by atoms with E-state index in [1.54, 1.807) is 0 Å². The first-order chi connectivity index (χ1) is 8.50. The number of aliphatic carboxylic acids is 1. The monoisotopic (exact) mass is 250 g/mol. The number of nitrogens with zero attached hydrogens (tertiary/aromatic N) is 1. The molecule has 0 amide bonds. The molecule has 1 aromatic carbocycles. The summed E-state index contributed by atoms with van der Waals surface area (Å²) in [6.45, 7) is 2.81. The average molecular weight is 250 g/mol. The first-order valence-electron chi connectivity index (χ1n) is 6.23. The standard InChI is InChI=1S/C14H22N2O2/c1-11(15-10-4-5-14(17)18)12-6-8-13(9-7-12)16(2)3/h6-9,11,15H,4-5,10H2,1-3H3,(H,17,18). The van der Waals surface area contributed by atoms with Gasteiger partial charge in [-0.15, -0.1) is 0 Å². The molecule has 0 saturated carbocycles. The van der Waals surface area contributed by atoms with Gasteiger partial charge in [-0.3, -0.25) is 4.79 Å². The highest BCUT2D eigenvalue weighted by atomic mass is 16.4. The number of carbonyl (C=O) groups is 1. The van der Waals surface area contributed by atoms with Gasteiger partial charge in [0.25, 0.3) is 0 Å². The zero-order valence-corrected chi connectivity index (χ0v) is 11.3. The lowest BCUT2D eigenvalue weighted by molar-refractivity contribution is -0.137. The fourth-order valence-electron chi connectivity index (χ4n) is 1.74. The molecule has 0 aliphatic carbocycles. The molecular weight excluding hydrogens is 228 g/mol. The summed E-state index contributed by atoms with van der Waals surface area (Å²) >= 11 is 0. The minimum absolute atomic E-state index is 0.222. The Bertz CT molecular complexity index is 374. The summed E-state index contributed by atoms with van der Waals surface area (Å²) < 4.78 is 0. The molecular formula is C14H22N2O2. The predicted molar refractivity (Wildman–Crippen MR) is 74.1 cm³/mol. The Morgan fingerprint density at radius 1 is 1.33 bits per heavy atom. The van der Waals surface area contributed by atoms with Gasteiger partial charge in [0.2, 0.25) is 0 Å². The second-order valence-corrected chi connectivity index (χ2v) is 4.66. The van der Waals surface area contributed by atoms with E-state index in [2.05, 4.69) is 41.4 Å². The van der Waals surface area contributed by atoms with Crippen molar-refractivity contribution in [3.63, 3.8) is 0 Å². The van der Waals surface area contributed by atoms with Crippen molar-refractivity contribution in [2.75, 3.05) is 25.5 Å². The van der Waals surface area contributed by atoms with E-state index in [1.165, 1.54) is 11.3 Å². The van der Waals surface area contributed by atoms with Gasteiger partial charge in [-0.1, -0.05) is 12.1 Å². The summed E-state index contributed by atoms with van der Waals surface area (Å²) in [5.74, 6) is -0.736. The lowest BCUT2D eigenvalue weighted by Crippen LogP contribution is -2.20. The quantitative estimate of drug-likeness (QED) is 0.729. The van der Waals surface area contributed by atoms with Crippen molar-refractivity contribution in [1.82, 2.24) is 5.32 Å². The molecule has 0 fully saturated rings. The molecule has 1 atom stereocenters. The zero-order valence-electron chi connectivity index (χ0n) is 11.3. The Kier molecular flexibility index (Phi) is 5.65. The van der Waals surface area contributed by atoms with Crippen LogP contribution in [0.4, 0.5) is 5.69 Å². The normalized spacial score (nSPS) is 12.2. The molecule has 0 heterocycles. The van der Waals surface area contributed by atoms with E-state index in [-0.39, 0.29) is 12.5 Å². The van der Waals surface area contributed by atoms with E-state index >= 15 is 0 Å². The van der Waals surface area contributed by atoms with Crippen LogP contribution in [-0.4, -0.2) is 31.7 Å². The molecule has 100 valence electrons. The molecule has 1 unspecified atom stereocenters. The van der Waals surface area contributed by atoms with Crippen molar-refractivity contribution in [3.8, 4) is 0 Å². The second-order valence-electron chi connectivity index (χ2n) is 4.66. The lowest BCUT2D eigenvalue weighted by atomic mass is 10.1. The maximum absolute atomic E-state index is 10.4. The van der Waals surface area contributed by atoms with E-state index in [0.717, 1.165) is 6.54 Å². The molecule has 1 rings (SSSR count). The molecule has 4 heteroatoms. The minimum Gasteiger partial charge on any atom is -0.481 e. The van der Waals surface area contributed by atoms with Crippen molar-refractivity contribution in [3.05, 3.63) is 29.8 Å². The molecule has 0 saturated heterocycles. The van der Waals surface area contributed by atoms with E-state index < -0.39 is 5.97 Å². The van der Waals surface area contributed by atoms with E-state index in [4.69, 9.17) is 5.11 Å². The van der Waals surface area contributed by atoms with Crippen LogP contribution in [0.1, 0.15) is 31.4 Å². The Balaban J connectivity index is 2.41. The highest BCUT2D eigenvalue weighted by molar-refractivity contribution is 5.66. The van der Waals surface area contributed by atoms with Crippen molar-refractivity contribution in [2.45, 2.75) is 25.8 Å². The molecule has 0 bridgehead atoms. The van der Waals surface area contributed by atoms with Gasteiger partial charge in [0.1, 0.15) is 0 Å². The van der Waals surface area contributed by atoms with Gasteiger partial charge in [-0.2, -0.15) is 0 Å². The van der Waals surface area contributed by atoms with Crippen molar-refractivity contribution in [1.29, 1.82) is 0 Å². The van der Waals surface area contributed by atoms with E-state index in [0.29, 0.717) is 6.42 Å². The first kappa shape index (κ1) is 14.5. The second kappa shape index (κ2) is 7.01. The summed E-state index contributed by atoms with van der Waals surface area (Å²) in [7, 11) is 4.03. The number of anilines is 1. The minimum atomic E-state index is -0.736. The van der Waals surface area contributed by atoms with E-state index in [1.807, 2.05) is 14.1 Å². The number of benzene rings is 1. The van der Waals surface area contributed by atoms with Crippen molar-refractivity contribution < 1.29 is 9.90 Å². The topological polar surface area (TPSA) is 52.6 Å². The Labute approximate surface area is 109 Å². The maximum atomic E-state index is 10.4. The highest BCUT2D eigenvalue weighted by Gasteiger charge is 2.05. The lowest BCUT2D eigenvalue weighted by Gasteiger charge is -2.16. The maximum Gasteiger partial charge on any atom is 0.303 e. The Hall–Kier alpha value is -1.55. The summed E-state index contributed by atoms with van der Waals surface area (Å²) in [6.07, 6.45) is 0.884. The molecule has 2 N–H and O–H groups in total. The summed E-state index contributed by atoms with van der Waals surface area (Å²) in [5, 5.41) is 11.9. The Morgan fingerprint density at radius 2 is 1.94 bits per heavy atom. The number of nitrogens with one attached hydrogen (secondary N) is 1. The number of hydrogen-bond acceptors (Lipinski definition) is 3. The van der Waals surface area contributed by atoms with Crippen LogP contribution in [0.25, 0.3) is 0 Å². The molecule has 18 heavy (non-hydrogen) atoms. The Morgan fingerprint density at radius 3 is 2.44 bits per heavy atom. The van der Waals surface area contributed by atoms with Crippen LogP contribution in [0.15, 0.2) is 24.3 Å². The third kappa shape index (κ3) is 4.75. The van der Waals surface area contributed by atoms with Crippen LogP contribution in [0, 0.1) is 0 Å². The number of rotatable bonds is 7. The van der Waals surface area contributed by atoms with Gasteiger partial charge in [-0.25, -0.2) is 0 Å². The van der Waals surface area contributed by atoms with Gasteiger partial charge >= 0.3 is 5.97 Å². The summed E-state index contributed by atoms with van der Waals surface area (Å²) in [5.41, 5.74) is 2.40. The fourth-order valence-corrected chi connectivity index (χ4v) is 1.74. The van der Waals surface area contributed by atoms with Crippen LogP contribution >= 0.6 is 0 Å². The van der Waals surface area contributed by atoms with Crippen molar-refractivity contribution in [2.24, 2.45) is 0 Å². The van der Waals surface area contributed by atoms with Crippen LogP contribution in [0.5, 0.6) is 0 Å². The smallest absolute Gasteiger partial charge is 0.303 e. The third-order valence-electron chi connectivity index (χ3n) is 2.93. The molecule has 0 aromatic heterocycles. The first-order valence-corrected chi connectivity index (χ1v) is 6.23.